The van der Waals surface area contributed by atoms with E-state index >= 15 is 0 Å². The minimum atomic E-state index is -1.24. The first-order valence-electron chi connectivity index (χ1n) is 6.58. The number of rotatable bonds is 4. The molecule has 0 saturated heterocycles. The van der Waals surface area contributed by atoms with Gasteiger partial charge in [-0.25, -0.2) is 0 Å². The van der Waals surface area contributed by atoms with Crippen molar-refractivity contribution >= 4 is 11.9 Å². The smallest absolute Gasteiger partial charge is 0.314 e. The molecule has 1 aliphatic carbocycles. The van der Waals surface area contributed by atoms with Crippen molar-refractivity contribution < 1.29 is 24.2 Å². The number of methoxy groups -OCH3 is 2. The van der Waals surface area contributed by atoms with Gasteiger partial charge in [-0.2, -0.15) is 0 Å². The van der Waals surface area contributed by atoms with E-state index in [0.29, 0.717) is 6.42 Å². The molecule has 0 heterocycles. The van der Waals surface area contributed by atoms with Gasteiger partial charge in [0, 0.05) is 0 Å². The van der Waals surface area contributed by atoms with Gasteiger partial charge in [0.1, 0.15) is 0 Å². The van der Waals surface area contributed by atoms with Crippen LogP contribution in [0.15, 0.2) is 0 Å². The van der Waals surface area contributed by atoms with E-state index in [1.165, 1.54) is 14.2 Å². The first-order chi connectivity index (χ1) is 8.69. The molecule has 5 nitrogen and oxygen atoms in total. The molecular weight excluding hydrogens is 248 g/mol. The minimum absolute atomic E-state index is 0.214. The average molecular weight is 272 g/mol. The second-order valence-corrected chi connectivity index (χ2v) is 6.01. The number of carbonyl (C=O) groups is 2. The molecule has 0 aromatic heterocycles. The lowest BCUT2D eigenvalue weighted by Gasteiger charge is -2.36. The van der Waals surface area contributed by atoms with Crippen LogP contribution in [0.2, 0.25) is 0 Å². The molecule has 1 N–H and O–H groups in total. The largest absolute Gasteiger partial charge is 0.469 e. The molecule has 110 valence electrons. The molecule has 0 radical (unpaired) electrons. The van der Waals surface area contributed by atoms with Crippen molar-refractivity contribution in [2.24, 2.45) is 10.8 Å². The van der Waals surface area contributed by atoms with Crippen LogP contribution in [-0.2, 0) is 19.1 Å². The van der Waals surface area contributed by atoms with Gasteiger partial charge in [0.25, 0.3) is 0 Å². The highest BCUT2D eigenvalue weighted by Gasteiger charge is 2.65. The van der Waals surface area contributed by atoms with Crippen molar-refractivity contribution in [1.29, 1.82) is 0 Å². The first kappa shape index (κ1) is 16.0. The standard InChI is InChI=1S/C14H24O5/c1-6-7-14(17)9-12(2,10(15)18-4)8-13(14,3)11(16)19-5/h17H,6-9H2,1-5H3/t12-,13-,14-/m0/s1. The maximum Gasteiger partial charge on any atom is 0.314 e. The van der Waals surface area contributed by atoms with Crippen LogP contribution in [0.4, 0.5) is 0 Å². The van der Waals surface area contributed by atoms with Crippen LogP contribution in [-0.4, -0.2) is 36.9 Å². The monoisotopic (exact) mass is 272 g/mol. The zero-order chi connectivity index (χ0) is 14.9. The summed E-state index contributed by atoms with van der Waals surface area (Å²) in [5.41, 5.74) is -3.18. The summed E-state index contributed by atoms with van der Waals surface area (Å²) in [6.07, 6.45) is 1.62. The Morgan fingerprint density at radius 3 is 2.05 bits per heavy atom. The van der Waals surface area contributed by atoms with Crippen LogP contribution in [0, 0.1) is 10.8 Å². The zero-order valence-corrected chi connectivity index (χ0v) is 12.4. The quantitative estimate of drug-likeness (QED) is 0.788. The van der Waals surface area contributed by atoms with Gasteiger partial charge < -0.3 is 14.6 Å². The molecule has 0 aromatic rings. The van der Waals surface area contributed by atoms with Crippen molar-refractivity contribution in [3.05, 3.63) is 0 Å². The number of hydrogen-bond donors (Lipinski definition) is 1. The molecule has 0 aromatic carbocycles. The molecule has 1 fully saturated rings. The molecule has 1 rings (SSSR count). The molecule has 0 bridgehead atoms. The van der Waals surface area contributed by atoms with Crippen LogP contribution in [0.25, 0.3) is 0 Å². The van der Waals surface area contributed by atoms with E-state index in [1.807, 2.05) is 6.92 Å². The molecule has 19 heavy (non-hydrogen) atoms. The highest BCUT2D eigenvalue weighted by molar-refractivity contribution is 5.83. The molecule has 3 atom stereocenters. The molecule has 1 aliphatic rings. The highest BCUT2D eigenvalue weighted by Crippen LogP contribution is 2.58. The Kier molecular flexibility index (Phi) is 4.30. The van der Waals surface area contributed by atoms with Crippen LogP contribution >= 0.6 is 0 Å². The van der Waals surface area contributed by atoms with E-state index in [1.54, 1.807) is 13.8 Å². The van der Waals surface area contributed by atoms with Gasteiger partial charge in [0.15, 0.2) is 0 Å². The Bertz CT molecular complexity index is 380. The predicted molar refractivity (Wildman–Crippen MR) is 69.3 cm³/mol. The normalized spacial score (nSPS) is 38.0. The van der Waals surface area contributed by atoms with Gasteiger partial charge in [0.05, 0.1) is 30.7 Å². The van der Waals surface area contributed by atoms with Gasteiger partial charge >= 0.3 is 11.9 Å². The summed E-state index contributed by atoms with van der Waals surface area (Å²) >= 11 is 0. The summed E-state index contributed by atoms with van der Waals surface area (Å²) in [6, 6.07) is 0. The van der Waals surface area contributed by atoms with Gasteiger partial charge in [-0.05, 0) is 33.1 Å². The highest BCUT2D eigenvalue weighted by atomic mass is 16.5. The second-order valence-electron chi connectivity index (χ2n) is 6.01. The van der Waals surface area contributed by atoms with Gasteiger partial charge in [-0.15, -0.1) is 0 Å². The van der Waals surface area contributed by atoms with Crippen LogP contribution in [0.5, 0.6) is 0 Å². The summed E-state index contributed by atoms with van der Waals surface area (Å²) in [5, 5.41) is 10.9. The second kappa shape index (κ2) is 5.12. The summed E-state index contributed by atoms with van der Waals surface area (Å²) in [6.45, 7) is 5.33. The summed E-state index contributed by atoms with van der Waals surface area (Å²) in [7, 11) is 2.62. The van der Waals surface area contributed by atoms with E-state index in [-0.39, 0.29) is 12.8 Å². The Balaban J connectivity index is 3.22. The van der Waals surface area contributed by atoms with Crippen LogP contribution in [0.3, 0.4) is 0 Å². The number of hydrogen-bond acceptors (Lipinski definition) is 5. The van der Waals surface area contributed by atoms with Crippen molar-refractivity contribution in [3.8, 4) is 0 Å². The fraction of sp³-hybridized carbons (Fsp3) is 0.857. The third kappa shape index (κ3) is 2.36. The molecule has 0 spiro atoms. The molecular formula is C14H24O5. The van der Waals surface area contributed by atoms with Crippen molar-refractivity contribution in [2.75, 3.05) is 14.2 Å². The molecule has 5 heteroatoms. The molecule has 1 saturated carbocycles. The molecule has 0 unspecified atom stereocenters. The van der Waals surface area contributed by atoms with Gasteiger partial charge in [-0.3, -0.25) is 9.59 Å². The SMILES string of the molecule is CCC[C@]1(O)C[C@@](C)(C(=O)OC)C[C@@]1(C)C(=O)OC. The predicted octanol–water partition coefficient (Wildman–Crippen LogP) is 1.67. The maximum atomic E-state index is 12.1. The van der Waals surface area contributed by atoms with E-state index in [2.05, 4.69) is 0 Å². The third-order valence-electron chi connectivity index (χ3n) is 4.43. The first-order valence-corrected chi connectivity index (χ1v) is 6.58. The van der Waals surface area contributed by atoms with E-state index in [4.69, 9.17) is 9.47 Å². The number of carbonyl (C=O) groups excluding carboxylic acids is 2. The fourth-order valence-corrected chi connectivity index (χ4v) is 3.50. The number of ether oxygens (including phenoxy) is 2. The lowest BCUT2D eigenvalue weighted by molar-refractivity contribution is -0.167. The van der Waals surface area contributed by atoms with Crippen molar-refractivity contribution in [2.45, 2.75) is 52.1 Å². The summed E-state index contributed by atoms with van der Waals surface area (Å²) in [4.78, 5) is 24.0. The van der Waals surface area contributed by atoms with Gasteiger partial charge in [0.2, 0.25) is 0 Å². The van der Waals surface area contributed by atoms with Crippen LogP contribution < -0.4 is 0 Å². The minimum Gasteiger partial charge on any atom is -0.469 e. The fourth-order valence-electron chi connectivity index (χ4n) is 3.50. The maximum absolute atomic E-state index is 12.1. The molecule has 0 amide bonds. The number of aliphatic hydroxyl groups is 1. The van der Waals surface area contributed by atoms with Crippen molar-refractivity contribution in [1.82, 2.24) is 0 Å². The Morgan fingerprint density at radius 1 is 1.11 bits per heavy atom. The summed E-state index contributed by atoms with van der Waals surface area (Å²) < 4.78 is 9.65. The Labute approximate surface area is 114 Å². The Hall–Kier alpha value is -1.10. The topological polar surface area (TPSA) is 72.8 Å². The molecule has 0 aliphatic heterocycles. The third-order valence-corrected chi connectivity index (χ3v) is 4.43. The average Bonchev–Trinajstić information content (AvgIpc) is 2.56. The lowest BCUT2D eigenvalue weighted by atomic mass is 9.73. The zero-order valence-electron chi connectivity index (χ0n) is 12.4. The van der Waals surface area contributed by atoms with E-state index < -0.39 is 28.4 Å². The number of esters is 2. The van der Waals surface area contributed by atoms with E-state index in [0.717, 1.165) is 6.42 Å². The van der Waals surface area contributed by atoms with E-state index in [9.17, 15) is 14.7 Å². The van der Waals surface area contributed by atoms with Crippen LogP contribution in [0.1, 0.15) is 46.5 Å². The summed E-state index contributed by atoms with van der Waals surface area (Å²) in [5.74, 6) is -0.870. The Morgan fingerprint density at radius 2 is 1.63 bits per heavy atom. The van der Waals surface area contributed by atoms with Crippen molar-refractivity contribution in [3.63, 3.8) is 0 Å². The van der Waals surface area contributed by atoms with Gasteiger partial charge in [-0.1, -0.05) is 13.3 Å². The lowest BCUT2D eigenvalue weighted by Crippen LogP contribution is -2.47.